The van der Waals surface area contributed by atoms with Crippen LogP contribution in [-0.2, 0) is 17.0 Å². The van der Waals surface area contributed by atoms with E-state index in [4.69, 9.17) is 4.74 Å². The van der Waals surface area contributed by atoms with Crippen LogP contribution in [0.2, 0.25) is 0 Å². The summed E-state index contributed by atoms with van der Waals surface area (Å²) in [4.78, 5) is 4.09. The summed E-state index contributed by atoms with van der Waals surface area (Å²) in [6, 6.07) is 3.97. The van der Waals surface area contributed by atoms with Gasteiger partial charge in [0, 0.05) is 38.3 Å². The molecule has 0 unspecified atom stereocenters. The maximum Gasteiger partial charge on any atom is 0.209 e. The van der Waals surface area contributed by atoms with E-state index < -0.39 is 0 Å². The van der Waals surface area contributed by atoms with Gasteiger partial charge in [0.05, 0.1) is 13.2 Å². The summed E-state index contributed by atoms with van der Waals surface area (Å²) in [5.41, 5.74) is 1.16. The van der Waals surface area contributed by atoms with Gasteiger partial charge < -0.3 is 10.1 Å². The quantitative estimate of drug-likeness (QED) is 0.536. The van der Waals surface area contributed by atoms with Gasteiger partial charge in [0.1, 0.15) is 0 Å². The van der Waals surface area contributed by atoms with Crippen LogP contribution in [0.15, 0.2) is 29.7 Å². The lowest BCUT2D eigenvalue weighted by Gasteiger charge is -2.05. The monoisotopic (exact) mass is 294 g/mol. The minimum atomic E-state index is 0.707. The summed E-state index contributed by atoms with van der Waals surface area (Å²) >= 11 is 1.61. The number of tetrazole rings is 1. The van der Waals surface area contributed by atoms with Gasteiger partial charge >= 0.3 is 0 Å². The molecule has 7 nitrogen and oxygen atoms in total. The van der Waals surface area contributed by atoms with Crippen molar-refractivity contribution in [2.24, 2.45) is 0 Å². The summed E-state index contributed by atoms with van der Waals surface area (Å²) in [6.45, 7) is 3.09. The molecule has 0 saturated carbocycles. The standard InChI is InChI=1S/C12H18N6OS/c1-19-8-6-13-5-7-18-12(15-16-17-18)20-10-11-3-2-4-14-9-11/h2-4,9,13H,5-8,10H2,1H3. The van der Waals surface area contributed by atoms with E-state index in [0.29, 0.717) is 6.61 Å². The van der Waals surface area contributed by atoms with Gasteiger partial charge in [-0.1, -0.05) is 17.8 Å². The molecule has 0 amide bonds. The molecule has 0 saturated heterocycles. The zero-order valence-electron chi connectivity index (χ0n) is 11.4. The second-order valence-corrected chi connectivity index (χ2v) is 5.02. The number of aromatic nitrogens is 5. The maximum absolute atomic E-state index is 4.97. The molecule has 0 bridgehead atoms. The van der Waals surface area contributed by atoms with Crippen molar-refractivity contribution in [3.63, 3.8) is 0 Å². The third-order valence-corrected chi connectivity index (χ3v) is 3.60. The van der Waals surface area contributed by atoms with E-state index in [-0.39, 0.29) is 0 Å². The highest BCUT2D eigenvalue weighted by molar-refractivity contribution is 7.98. The van der Waals surface area contributed by atoms with E-state index in [1.54, 1.807) is 29.8 Å². The number of rotatable bonds is 9. The number of ether oxygens (including phenoxy) is 1. The molecule has 0 fully saturated rings. The van der Waals surface area contributed by atoms with Crippen molar-refractivity contribution in [1.82, 2.24) is 30.5 Å². The van der Waals surface area contributed by atoms with Crippen LogP contribution < -0.4 is 5.32 Å². The number of thioether (sulfide) groups is 1. The first-order valence-electron chi connectivity index (χ1n) is 6.37. The number of methoxy groups -OCH3 is 1. The molecule has 0 radical (unpaired) electrons. The molecule has 0 aliphatic heterocycles. The third-order valence-electron chi connectivity index (χ3n) is 2.57. The third kappa shape index (κ3) is 4.87. The Morgan fingerprint density at radius 2 is 2.35 bits per heavy atom. The Morgan fingerprint density at radius 1 is 1.40 bits per heavy atom. The molecule has 108 valence electrons. The lowest BCUT2D eigenvalue weighted by molar-refractivity contribution is 0.199. The lowest BCUT2D eigenvalue weighted by atomic mass is 10.3. The molecule has 0 aliphatic rings. The highest BCUT2D eigenvalue weighted by Gasteiger charge is 2.06. The predicted molar refractivity (Wildman–Crippen MR) is 76.4 cm³/mol. The van der Waals surface area contributed by atoms with E-state index in [2.05, 4.69) is 25.8 Å². The number of hydrogen-bond acceptors (Lipinski definition) is 7. The molecule has 0 spiro atoms. The van der Waals surface area contributed by atoms with Crippen LogP contribution in [0, 0.1) is 0 Å². The minimum absolute atomic E-state index is 0.707. The highest BCUT2D eigenvalue weighted by Crippen LogP contribution is 2.18. The second-order valence-electron chi connectivity index (χ2n) is 4.08. The first-order chi connectivity index (χ1) is 9.90. The van der Waals surface area contributed by atoms with Crippen molar-refractivity contribution >= 4 is 11.8 Å². The van der Waals surface area contributed by atoms with Gasteiger partial charge in [-0.25, -0.2) is 4.68 Å². The average Bonchev–Trinajstić information content (AvgIpc) is 2.93. The fourth-order valence-electron chi connectivity index (χ4n) is 1.56. The van der Waals surface area contributed by atoms with Gasteiger partial charge in [0.2, 0.25) is 5.16 Å². The van der Waals surface area contributed by atoms with E-state index >= 15 is 0 Å². The Labute approximate surface area is 122 Å². The van der Waals surface area contributed by atoms with E-state index in [9.17, 15) is 0 Å². The molecule has 0 atom stereocenters. The van der Waals surface area contributed by atoms with Crippen molar-refractivity contribution < 1.29 is 4.74 Å². The van der Waals surface area contributed by atoms with Crippen molar-refractivity contribution in [1.29, 1.82) is 0 Å². The minimum Gasteiger partial charge on any atom is -0.383 e. The van der Waals surface area contributed by atoms with Gasteiger partial charge in [-0.2, -0.15) is 0 Å². The number of nitrogens with zero attached hydrogens (tertiary/aromatic N) is 5. The van der Waals surface area contributed by atoms with Crippen LogP contribution >= 0.6 is 11.8 Å². The molecule has 2 aromatic rings. The molecule has 20 heavy (non-hydrogen) atoms. The Bertz CT molecular complexity index is 492. The first kappa shape index (κ1) is 14.9. The Hall–Kier alpha value is -1.51. The lowest BCUT2D eigenvalue weighted by Crippen LogP contribution is -2.24. The van der Waals surface area contributed by atoms with Gasteiger partial charge in [0.25, 0.3) is 0 Å². The van der Waals surface area contributed by atoms with Crippen LogP contribution in [0.4, 0.5) is 0 Å². The highest BCUT2D eigenvalue weighted by atomic mass is 32.2. The fourth-order valence-corrected chi connectivity index (χ4v) is 2.39. The number of pyridine rings is 1. The molecular formula is C12H18N6OS. The molecule has 0 aromatic carbocycles. The van der Waals surface area contributed by atoms with E-state index in [1.807, 2.05) is 18.3 Å². The summed E-state index contributed by atoms with van der Waals surface area (Å²) < 4.78 is 6.78. The molecule has 1 N–H and O–H groups in total. The molecular weight excluding hydrogens is 276 g/mol. The molecule has 2 heterocycles. The van der Waals surface area contributed by atoms with Crippen molar-refractivity contribution in [3.8, 4) is 0 Å². The van der Waals surface area contributed by atoms with Gasteiger partial charge in [-0.3, -0.25) is 4.98 Å². The summed E-state index contributed by atoms with van der Waals surface area (Å²) in [7, 11) is 1.69. The fraction of sp³-hybridized carbons (Fsp3) is 0.500. The first-order valence-corrected chi connectivity index (χ1v) is 7.36. The topological polar surface area (TPSA) is 77.8 Å². The summed E-state index contributed by atoms with van der Waals surface area (Å²) in [5.74, 6) is 0.811. The Balaban J connectivity index is 1.76. The van der Waals surface area contributed by atoms with E-state index in [1.165, 1.54) is 0 Å². The molecule has 2 rings (SSSR count). The maximum atomic E-state index is 4.97. The van der Waals surface area contributed by atoms with Crippen LogP contribution in [0.25, 0.3) is 0 Å². The van der Waals surface area contributed by atoms with Crippen LogP contribution in [0.3, 0.4) is 0 Å². The van der Waals surface area contributed by atoms with Crippen molar-refractivity contribution in [2.75, 3.05) is 26.8 Å². The second kappa shape index (κ2) is 8.62. The molecule has 8 heteroatoms. The van der Waals surface area contributed by atoms with Crippen molar-refractivity contribution in [3.05, 3.63) is 30.1 Å². The van der Waals surface area contributed by atoms with Crippen molar-refractivity contribution in [2.45, 2.75) is 17.5 Å². The summed E-state index contributed by atoms with van der Waals surface area (Å²) in [5, 5.41) is 15.8. The number of hydrogen-bond donors (Lipinski definition) is 1. The van der Waals surface area contributed by atoms with Gasteiger partial charge in [-0.15, -0.1) is 5.10 Å². The normalized spacial score (nSPS) is 10.8. The van der Waals surface area contributed by atoms with Crippen LogP contribution in [0.5, 0.6) is 0 Å². The zero-order valence-corrected chi connectivity index (χ0v) is 12.2. The van der Waals surface area contributed by atoms with Crippen LogP contribution in [-0.4, -0.2) is 52.0 Å². The molecule has 0 aliphatic carbocycles. The summed E-state index contributed by atoms with van der Waals surface area (Å²) in [6.07, 6.45) is 3.62. The van der Waals surface area contributed by atoms with Crippen LogP contribution in [0.1, 0.15) is 5.56 Å². The largest absolute Gasteiger partial charge is 0.383 e. The Morgan fingerprint density at radius 3 is 3.15 bits per heavy atom. The zero-order chi connectivity index (χ0) is 14.0. The van der Waals surface area contributed by atoms with Gasteiger partial charge in [-0.05, 0) is 22.1 Å². The predicted octanol–water partition coefficient (Wildman–Crippen LogP) is 0.596. The smallest absolute Gasteiger partial charge is 0.209 e. The average molecular weight is 294 g/mol. The molecule has 2 aromatic heterocycles. The Kier molecular flexibility index (Phi) is 6.42. The van der Waals surface area contributed by atoms with Gasteiger partial charge in [0.15, 0.2) is 0 Å². The van der Waals surface area contributed by atoms with E-state index in [0.717, 1.165) is 36.1 Å². The SMILES string of the molecule is COCCNCCn1nnnc1SCc1cccnc1. The number of nitrogens with one attached hydrogen (secondary N) is 1.